The summed E-state index contributed by atoms with van der Waals surface area (Å²) < 4.78 is 39.7. The van der Waals surface area contributed by atoms with Crippen LogP contribution < -0.4 is 14.2 Å². The molecule has 2 N–H and O–H groups in total. The first-order valence-corrected chi connectivity index (χ1v) is 8.07. The van der Waals surface area contributed by atoms with Crippen molar-refractivity contribution in [2.75, 3.05) is 14.2 Å². The normalized spacial score (nSPS) is 13.6. The number of aliphatic hydroxyl groups is 1. The van der Waals surface area contributed by atoms with Gasteiger partial charge in [-0.05, 0) is 19.1 Å². The van der Waals surface area contributed by atoms with Gasteiger partial charge in [0, 0.05) is 24.8 Å². The Morgan fingerprint density at radius 3 is 2.67 bits per heavy atom. The number of nitrogens with zero attached hydrogens (tertiary/aromatic N) is 2. The highest BCUT2D eigenvalue weighted by molar-refractivity contribution is 5.77. The molecule has 0 aliphatic rings. The minimum atomic E-state index is -2.92. The number of hydrogen-bond donors (Lipinski definition) is 2. The Morgan fingerprint density at radius 2 is 2.00 bits per heavy atom. The summed E-state index contributed by atoms with van der Waals surface area (Å²) in [5.41, 5.74) is 0.0468. The van der Waals surface area contributed by atoms with Gasteiger partial charge in [0.1, 0.15) is 17.2 Å². The second-order valence-corrected chi connectivity index (χ2v) is 6.09. The van der Waals surface area contributed by atoms with Crippen LogP contribution in [0.15, 0.2) is 30.5 Å². The van der Waals surface area contributed by atoms with Crippen LogP contribution in [0.5, 0.6) is 17.2 Å². The van der Waals surface area contributed by atoms with E-state index in [0.29, 0.717) is 28.2 Å². The Kier molecular flexibility index (Phi) is 5.13. The first-order chi connectivity index (χ1) is 12.8. The van der Waals surface area contributed by atoms with Crippen molar-refractivity contribution < 1.29 is 28.1 Å². The van der Waals surface area contributed by atoms with E-state index in [1.807, 2.05) is 0 Å². The fourth-order valence-electron chi connectivity index (χ4n) is 2.81. The highest BCUT2D eigenvalue weighted by Gasteiger charge is 2.30. The zero-order valence-corrected chi connectivity index (χ0v) is 15.0. The van der Waals surface area contributed by atoms with Gasteiger partial charge in [-0.15, -0.1) is 0 Å². The summed E-state index contributed by atoms with van der Waals surface area (Å²) in [6.07, 6.45) is 1.65. The van der Waals surface area contributed by atoms with Gasteiger partial charge in [0.05, 0.1) is 30.9 Å². The summed E-state index contributed by atoms with van der Waals surface area (Å²) in [7, 11) is 3.00. The third kappa shape index (κ3) is 3.92. The van der Waals surface area contributed by atoms with E-state index in [-0.39, 0.29) is 18.0 Å². The zero-order chi connectivity index (χ0) is 19.6. The van der Waals surface area contributed by atoms with E-state index < -0.39 is 12.2 Å². The number of ether oxygens (including phenoxy) is 3. The maximum Gasteiger partial charge on any atom is 0.387 e. The van der Waals surface area contributed by atoms with E-state index in [4.69, 9.17) is 9.47 Å². The standard InChI is InChI=1S/C18H19F2N3O4/c1-18(24,9-13-15(26-3)14(25-2)6-7-21-13)16-22-11-5-4-10(27-17(19)20)8-12(11)23-16/h4-8,17,24H,9H2,1-3H3,(H,22,23). The summed E-state index contributed by atoms with van der Waals surface area (Å²) in [6.45, 7) is -1.35. The number of H-pyrrole nitrogens is 1. The molecule has 1 aromatic carbocycles. The van der Waals surface area contributed by atoms with Gasteiger partial charge in [-0.1, -0.05) is 0 Å². The lowest BCUT2D eigenvalue weighted by Crippen LogP contribution is -2.26. The van der Waals surface area contributed by atoms with E-state index >= 15 is 0 Å². The molecule has 0 fully saturated rings. The predicted octanol–water partition coefficient (Wildman–Crippen LogP) is 3.03. The Hall–Kier alpha value is -2.94. The van der Waals surface area contributed by atoms with Gasteiger partial charge in [-0.2, -0.15) is 8.78 Å². The molecule has 27 heavy (non-hydrogen) atoms. The third-order valence-electron chi connectivity index (χ3n) is 4.07. The highest BCUT2D eigenvalue weighted by Crippen LogP contribution is 2.34. The van der Waals surface area contributed by atoms with Crippen molar-refractivity contribution in [1.29, 1.82) is 0 Å². The van der Waals surface area contributed by atoms with Crippen molar-refractivity contribution in [3.05, 3.63) is 42.0 Å². The van der Waals surface area contributed by atoms with E-state index in [2.05, 4.69) is 19.7 Å². The van der Waals surface area contributed by atoms with Crippen LogP contribution >= 0.6 is 0 Å². The number of aromatic nitrogens is 3. The average molecular weight is 379 g/mol. The van der Waals surface area contributed by atoms with Crippen LogP contribution in [0.25, 0.3) is 11.0 Å². The molecule has 2 aromatic heterocycles. The van der Waals surface area contributed by atoms with Crippen molar-refractivity contribution in [1.82, 2.24) is 15.0 Å². The number of aromatic amines is 1. The Morgan fingerprint density at radius 1 is 1.22 bits per heavy atom. The SMILES string of the molecule is COc1ccnc(CC(C)(O)c2nc3ccc(OC(F)F)cc3[nH]2)c1OC. The van der Waals surface area contributed by atoms with E-state index in [1.54, 1.807) is 19.2 Å². The smallest absolute Gasteiger partial charge is 0.387 e. The minimum absolute atomic E-state index is 0.00322. The molecule has 3 rings (SSSR count). The molecule has 1 atom stereocenters. The molecule has 7 nitrogen and oxygen atoms in total. The van der Waals surface area contributed by atoms with Gasteiger partial charge in [-0.25, -0.2) is 4.98 Å². The maximum atomic E-state index is 12.4. The molecular weight excluding hydrogens is 360 g/mol. The molecule has 0 spiro atoms. The molecule has 0 bridgehead atoms. The lowest BCUT2D eigenvalue weighted by Gasteiger charge is -2.22. The van der Waals surface area contributed by atoms with Gasteiger partial charge >= 0.3 is 6.61 Å². The molecule has 0 saturated heterocycles. The molecule has 0 radical (unpaired) electrons. The first-order valence-electron chi connectivity index (χ1n) is 8.07. The van der Waals surface area contributed by atoms with Crippen LogP contribution in [0.4, 0.5) is 8.78 Å². The van der Waals surface area contributed by atoms with Crippen molar-refractivity contribution >= 4 is 11.0 Å². The van der Waals surface area contributed by atoms with Crippen LogP contribution in [0.1, 0.15) is 18.4 Å². The molecule has 9 heteroatoms. The van der Waals surface area contributed by atoms with Crippen LogP contribution in [0.2, 0.25) is 0 Å². The Labute approximate surface area is 153 Å². The number of methoxy groups -OCH3 is 2. The van der Waals surface area contributed by atoms with Crippen molar-refractivity contribution in [2.24, 2.45) is 0 Å². The molecule has 0 aliphatic carbocycles. The molecule has 144 valence electrons. The predicted molar refractivity (Wildman–Crippen MR) is 93.3 cm³/mol. The number of imidazole rings is 1. The number of benzene rings is 1. The van der Waals surface area contributed by atoms with E-state index in [1.165, 1.54) is 32.4 Å². The fourth-order valence-corrected chi connectivity index (χ4v) is 2.81. The molecule has 1 unspecified atom stereocenters. The van der Waals surface area contributed by atoms with Gasteiger partial charge in [0.15, 0.2) is 11.5 Å². The average Bonchev–Trinajstić information content (AvgIpc) is 3.05. The number of pyridine rings is 1. The van der Waals surface area contributed by atoms with Crippen molar-refractivity contribution in [3.8, 4) is 17.2 Å². The van der Waals surface area contributed by atoms with Crippen LogP contribution in [0.3, 0.4) is 0 Å². The second kappa shape index (κ2) is 7.36. The maximum absolute atomic E-state index is 12.4. The van der Waals surface area contributed by atoms with E-state index in [9.17, 15) is 13.9 Å². The summed E-state index contributed by atoms with van der Waals surface area (Å²) in [5, 5.41) is 11.0. The topological polar surface area (TPSA) is 89.5 Å². The van der Waals surface area contributed by atoms with E-state index in [0.717, 1.165) is 0 Å². The molecule has 3 aromatic rings. The molecule has 0 amide bonds. The van der Waals surface area contributed by atoms with Crippen LogP contribution in [-0.4, -0.2) is 40.9 Å². The second-order valence-electron chi connectivity index (χ2n) is 6.09. The molecule has 0 aliphatic heterocycles. The summed E-state index contributed by atoms with van der Waals surface area (Å²) in [5.74, 6) is 1.18. The minimum Gasteiger partial charge on any atom is -0.493 e. The number of rotatable bonds is 7. The molecule has 0 saturated carbocycles. The molecular formula is C18H19F2N3O4. The summed E-state index contributed by atoms with van der Waals surface area (Å²) in [6, 6.07) is 5.98. The Balaban J connectivity index is 1.93. The first kappa shape index (κ1) is 18.8. The zero-order valence-electron chi connectivity index (χ0n) is 15.0. The van der Waals surface area contributed by atoms with Gasteiger partial charge in [0.25, 0.3) is 0 Å². The van der Waals surface area contributed by atoms with Crippen molar-refractivity contribution in [3.63, 3.8) is 0 Å². The van der Waals surface area contributed by atoms with Crippen LogP contribution in [0, 0.1) is 0 Å². The number of hydrogen-bond acceptors (Lipinski definition) is 6. The number of nitrogens with one attached hydrogen (secondary N) is 1. The third-order valence-corrected chi connectivity index (χ3v) is 4.07. The van der Waals surface area contributed by atoms with Crippen LogP contribution in [-0.2, 0) is 12.0 Å². The highest BCUT2D eigenvalue weighted by atomic mass is 19.3. The number of fused-ring (bicyclic) bond motifs is 1. The van der Waals surface area contributed by atoms with Gasteiger partial charge < -0.3 is 24.3 Å². The van der Waals surface area contributed by atoms with Gasteiger partial charge in [0.2, 0.25) is 0 Å². The quantitative estimate of drug-likeness (QED) is 0.656. The van der Waals surface area contributed by atoms with Gasteiger partial charge in [-0.3, -0.25) is 4.98 Å². The number of alkyl halides is 2. The summed E-state index contributed by atoms with van der Waals surface area (Å²) >= 11 is 0. The lowest BCUT2D eigenvalue weighted by atomic mass is 9.98. The largest absolute Gasteiger partial charge is 0.493 e. The molecule has 2 heterocycles. The summed E-state index contributed by atoms with van der Waals surface area (Å²) in [4.78, 5) is 11.6. The Bertz CT molecular complexity index is 944. The fraction of sp³-hybridized carbons (Fsp3) is 0.333. The number of halogens is 2. The lowest BCUT2D eigenvalue weighted by molar-refractivity contribution is -0.0497. The monoisotopic (exact) mass is 379 g/mol. The van der Waals surface area contributed by atoms with Crippen molar-refractivity contribution in [2.45, 2.75) is 25.6 Å².